The third-order valence-electron chi connectivity index (χ3n) is 3.76. The zero-order valence-electron chi connectivity index (χ0n) is 14.5. The fourth-order valence-corrected chi connectivity index (χ4v) is 2.45. The van der Waals surface area contributed by atoms with Crippen LogP contribution in [0.3, 0.4) is 0 Å². The van der Waals surface area contributed by atoms with Crippen molar-refractivity contribution in [2.75, 3.05) is 23.5 Å². The van der Waals surface area contributed by atoms with Gasteiger partial charge < -0.3 is 4.90 Å². The second-order valence-corrected chi connectivity index (χ2v) is 5.23. The minimum Gasteiger partial charge on any atom is -0.372 e. The highest BCUT2D eigenvalue weighted by atomic mass is 17.2. The molecule has 0 heterocycles. The van der Waals surface area contributed by atoms with Gasteiger partial charge in [0, 0.05) is 18.8 Å². The molecule has 8 nitrogen and oxygen atoms in total. The first-order valence-electron chi connectivity index (χ1n) is 7.98. The third-order valence-corrected chi connectivity index (χ3v) is 3.76. The first-order valence-corrected chi connectivity index (χ1v) is 7.98. The topological polar surface area (TPSA) is 117 Å². The van der Waals surface area contributed by atoms with Gasteiger partial charge in [0.25, 0.3) is 0 Å². The van der Waals surface area contributed by atoms with Crippen LogP contribution in [0.25, 0.3) is 0 Å². The van der Waals surface area contributed by atoms with Gasteiger partial charge in [-0.15, -0.1) is 10.1 Å². The van der Waals surface area contributed by atoms with Crippen LogP contribution in [0.15, 0.2) is 46.6 Å². The van der Waals surface area contributed by atoms with Crippen LogP contribution in [0.4, 0.5) is 22.7 Å². The summed E-state index contributed by atoms with van der Waals surface area (Å²) in [7, 11) is 0. The van der Waals surface area contributed by atoms with Crippen LogP contribution in [0.2, 0.25) is 0 Å². The van der Waals surface area contributed by atoms with Gasteiger partial charge in [0.2, 0.25) is 0 Å². The summed E-state index contributed by atoms with van der Waals surface area (Å²) in [4.78, 5) is 6.02. The lowest BCUT2D eigenvalue weighted by molar-refractivity contribution is -0.215. The highest BCUT2D eigenvalue weighted by Gasteiger charge is 2.11. The zero-order valence-corrected chi connectivity index (χ0v) is 14.5. The Balaban J connectivity index is 2.33. The Morgan fingerprint density at radius 3 is 2.08 bits per heavy atom. The van der Waals surface area contributed by atoms with Crippen molar-refractivity contribution < 1.29 is 10.2 Å². The molecule has 0 aliphatic rings. The van der Waals surface area contributed by atoms with E-state index < -0.39 is 0 Å². The molecule has 26 heavy (non-hydrogen) atoms. The van der Waals surface area contributed by atoms with E-state index in [-0.39, 0.29) is 22.5 Å². The lowest BCUT2D eigenvalue weighted by atomic mass is 10.1. The molecule has 0 aromatic heterocycles. The summed E-state index contributed by atoms with van der Waals surface area (Å²) in [5.41, 5.74) is 4.53. The number of hydrogen-bond donors (Lipinski definition) is 2. The summed E-state index contributed by atoms with van der Waals surface area (Å²) in [6.45, 7) is 5.99. The van der Waals surface area contributed by atoms with Crippen molar-refractivity contribution in [1.29, 1.82) is 10.5 Å². The van der Waals surface area contributed by atoms with Crippen molar-refractivity contribution in [3.63, 3.8) is 0 Å². The number of benzene rings is 2. The van der Waals surface area contributed by atoms with E-state index in [9.17, 15) is 10.5 Å². The molecule has 2 aromatic carbocycles. The molecule has 2 rings (SSSR count). The van der Waals surface area contributed by atoms with E-state index in [1.807, 2.05) is 36.4 Å². The van der Waals surface area contributed by atoms with Crippen LogP contribution >= 0.6 is 0 Å². The molecule has 0 saturated heterocycles. The Morgan fingerprint density at radius 2 is 1.62 bits per heavy atom. The van der Waals surface area contributed by atoms with Crippen LogP contribution in [-0.4, -0.2) is 18.3 Å². The molecule has 0 aliphatic heterocycles. The van der Waals surface area contributed by atoms with Crippen molar-refractivity contribution in [1.82, 2.24) is 0 Å². The smallest absolute Gasteiger partial charge is 0.121 e. The van der Waals surface area contributed by atoms with Crippen molar-refractivity contribution >= 4 is 22.7 Å². The van der Waals surface area contributed by atoms with Gasteiger partial charge in [0.15, 0.2) is 0 Å². The lowest BCUT2D eigenvalue weighted by Gasteiger charge is -2.20. The van der Waals surface area contributed by atoms with Crippen molar-refractivity contribution in [3.8, 4) is 12.1 Å². The summed E-state index contributed by atoms with van der Waals surface area (Å²) < 4.78 is 0. The minimum absolute atomic E-state index is 0.132. The van der Waals surface area contributed by atoms with Crippen LogP contribution in [0.1, 0.15) is 25.0 Å². The number of nitrogens with one attached hydrogen (secondary N) is 1. The number of anilines is 2. The number of nitrogens with zero attached hydrogens (tertiary/aromatic N) is 5. The Hall–Kier alpha value is -3.46. The molecular weight excluding hydrogens is 332 g/mol. The van der Waals surface area contributed by atoms with E-state index in [4.69, 9.17) is 5.26 Å². The molecule has 0 fully saturated rings. The van der Waals surface area contributed by atoms with Crippen LogP contribution < -0.4 is 10.4 Å². The molecule has 0 unspecified atom stereocenters. The molecule has 0 saturated carbocycles. The highest BCUT2D eigenvalue weighted by molar-refractivity contribution is 5.69. The molecule has 0 atom stereocenters. The van der Waals surface area contributed by atoms with Gasteiger partial charge in [0.1, 0.15) is 17.8 Å². The SMILES string of the molecule is CCN(CC)c1ccc(N=Nc2c(C#N)cc(NOO)cc2C#N)cc1. The van der Waals surface area contributed by atoms with E-state index in [2.05, 4.69) is 39.4 Å². The maximum atomic E-state index is 9.28. The van der Waals surface area contributed by atoms with E-state index in [1.165, 1.54) is 12.1 Å². The Kier molecular flexibility index (Phi) is 6.63. The second kappa shape index (κ2) is 9.14. The molecule has 8 heteroatoms. The van der Waals surface area contributed by atoms with E-state index in [0.29, 0.717) is 5.69 Å². The molecule has 0 amide bonds. The minimum atomic E-state index is 0.132. The van der Waals surface area contributed by atoms with Gasteiger partial charge in [-0.3, -0.25) is 0 Å². The van der Waals surface area contributed by atoms with E-state index in [0.717, 1.165) is 18.8 Å². The predicted octanol–water partition coefficient (Wildman–Crippen LogP) is 4.51. The number of azo groups is 1. The predicted molar refractivity (Wildman–Crippen MR) is 97.4 cm³/mol. The Morgan fingerprint density at radius 1 is 1.04 bits per heavy atom. The summed E-state index contributed by atoms with van der Waals surface area (Å²) in [5.74, 6) is 0. The van der Waals surface area contributed by atoms with Gasteiger partial charge in [-0.25, -0.2) is 10.7 Å². The van der Waals surface area contributed by atoms with Crippen LogP contribution in [0, 0.1) is 22.7 Å². The lowest BCUT2D eigenvalue weighted by Crippen LogP contribution is -2.21. The maximum Gasteiger partial charge on any atom is 0.121 e. The second-order valence-electron chi connectivity index (χ2n) is 5.23. The largest absolute Gasteiger partial charge is 0.372 e. The van der Waals surface area contributed by atoms with Gasteiger partial charge in [0.05, 0.1) is 22.5 Å². The summed E-state index contributed by atoms with van der Waals surface area (Å²) >= 11 is 0. The monoisotopic (exact) mass is 350 g/mol. The van der Waals surface area contributed by atoms with Gasteiger partial charge in [-0.2, -0.15) is 15.6 Å². The molecule has 2 aromatic rings. The summed E-state index contributed by atoms with van der Waals surface area (Å²) in [6, 6.07) is 14.3. The van der Waals surface area contributed by atoms with Crippen LogP contribution in [-0.2, 0) is 4.99 Å². The number of nitriles is 2. The fraction of sp³-hybridized carbons (Fsp3) is 0.222. The van der Waals surface area contributed by atoms with Crippen LogP contribution in [0.5, 0.6) is 0 Å². The average molecular weight is 350 g/mol. The fourth-order valence-electron chi connectivity index (χ4n) is 2.45. The third kappa shape index (κ3) is 4.33. The molecule has 2 N–H and O–H groups in total. The van der Waals surface area contributed by atoms with Crippen molar-refractivity contribution in [3.05, 3.63) is 47.5 Å². The van der Waals surface area contributed by atoms with Gasteiger partial charge in [-0.05, 0) is 50.2 Å². The molecule has 132 valence electrons. The molecule has 0 aliphatic carbocycles. The van der Waals surface area contributed by atoms with Gasteiger partial charge >= 0.3 is 0 Å². The first-order chi connectivity index (χ1) is 12.7. The van der Waals surface area contributed by atoms with Crippen molar-refractivity contribution in [2.24, 2.45) is 10.2 Å². The number of hydrogen-bond acceptors (Lipinski definition) is 8. The zero-order chi connectivity index (χ0) is 18.9. The maximum absolute atomic E-state index is 9.28. The summed E-state index contributed by atoms with van der Waals surface area (Å²) in [6.07, 6.45) is 0. The quantitative estimate of drug-likeness (QED) is 0.431. The summed E-state index contributed by atoms with van der Waals surface area (Å²) in [5, 5.41) is 35.2. The Labute approximate surface area is 151 Å². The molecule has 0 bridgehead atoms. The molecule has 0 radical (unpaired) electrons. The van der Waals surface area contributed by atoms with E-state index >= 15 is 0 Å². The normalized spacial score (nSPS) is 10.3. The average Bonchev–Trinajstić information content (AvgIpc) is 2.68. The first kappa shape index (κ1) is 18.9. The molecular formula is C18H18N6O2. The Bertz CT molecular complexity index is 826. The highest BCUT2D eigenvalue weighted by Crippen LogP contribution is 2.30. The standard InChI is InChI=1S/C18H18N6O2/c1-3-24(4-2)17-7-5-15(6-8-17)21-22-18-13(11-19)9-16(23-26-25)10-14(18)12-20/h5-10,23,25H,3-4H2,1-2H3. The van der Waals surface area contributed by atoms with E-state index in [1.54, 1.807) is 0 Å². The van der Waals surface area contributed by atoms with Crippen molar-refractivity contribution in [2.45, 2.75) is 13.8 Å². The number of rotatable bonds is 7. The molecule has 0 spiro atoms. The van der Waals surface area contributed by atoms with Gasteiger partial charge in [-0.1, -0.05) is 0 Å².